The molecular formula is C9H21O5P. The van der Waals surface area contributed by atoms with Crippen molar-refractivity contribution in [3.63, 3.8) is 0 Å². The molecule has 92 valence electrons. The first-order valence-corrected chi connectivity index (χ1v) is 6.61. The number of rotatable bonds is 8. The molecule has 1 atom stereocenters. The Balaban J connectivity index is 4.66. The number of ether oxygens (including phenoxy) is 2. The van der Waals surface area contributed by atoms with Gasteiger partial charge in [-0.15, -0.1) is 0 Å². The summed E-state index contributed by atoms with van der Waals surface area (Å²) in [6.07, 6.45) is -0.589. The fraction of sp³-hybridized carbons (Fsp3) is 1.00. The van der Waals surface area contributed by atoms with Crippen molar-refractivity contribution in [2.24, 2.45) is 0 Å². The van der Waals surface area contributed by atoms with Crippen molar-refractivity contribution >= 4 is 7.60 Å². The third-order valence-corrected chi connectivity index (χ3v) is 4.45. The largest absolute Gasteiger partial charge is 0.355 e. The first-order chi connectivity index (χ1) is 7.05. The number of methoxy groups -OCH3 is 2. The lowest BCUT2D eigenvalue weighted by atomic mass is 10.5. The van der Waals surface area contributed by atoms with E-state index in [2.05, 4.69) is 0 Å². The van der Waals surface area contributed by atoms with Gasteiger partial charge < -0.3 is 18.5 Å². The predicted octanol–water partition coefficient (Wildman–Crippen LogP) is 2.26. The maximum absolute atomic E-state index is 12.3. The molecule has 0 aliphatic heterocycles. The number of hydrogen-bond acceptors (Lipinski definition) is 5. The average Bonchev–Trinajstić information content (AvgIpc) is 2.20. The highest BCUT2D eigenvalue weighted by atomic mass is 31.2. The monoisotopic (exact) mass is 240 g/mol. The van der Waals surface area contributed by atoms with Gasteiger partial charge in [0.05, 0.1) is 13.2 Å². The smallest absolute Gasteiger partial charge is 0.338 e. The lowest BCUT2D eigenvalue weighted by Gasteiger charge is -2.27. The summed E-state index contributed by atoms with van der Waals surface area (Å²) in [6.45, 7) is 5.94. The van der Waals surface area contributed by atoms with Crippen LogP contribution >= 0.6 is 7.60 Å². The molecule has 0 saturated heterocycles. The van der Waals surface area contributed by atoms with E-state index in [0.29, 0.717) is 13.2 Å². The topological polar surface area (TPSA) is 54.0 Å². The molecule has 0 bridgehead atoms. The second-order valence-corrected chi connectivity index (χ2v) is 5.37. The Morgan fingerprint density at radius 3 is 1.73 bits per heavy atom. The summed E-state index contributed by atoms with van der Waals surface area (Å²) in [7, 11) is -0.164. The van der Waals surface area contributed by atoms with Crippen LogP contribution in [0.25, 0.3) is 0 Å². The van der Waals surface area contributed by atoms with E-state index >= 15 is 0 Å². The highest BCUT2D eigenvalue weighted by Gasteiger charge is 2.38. The van der Waals surface area contributed by atoms with Crippen molar-refractivity contribution in [1.82, 2.24) is 0 Å². The third kappa shape index (κ3) is 4.21. The van der Waals surface area contributed by atoms with Crippen molar-refractivity contribution in [3.8, 4) is 0 Å². The van der Waals surface area contributed by atoms with E-state index in [-0.39, 0.29) is 0 Å². The van der Waals surface area contributed by atoms with Gasteiger partial charge in [0.25, 0.3) is 0 Å². The van der Waals surface area contributed by atoms with Crippen LogP contribution in [-0.2, 0) is 23.1 Å². The van der Waals surface area contributed by atoms with Gasteiger partial charge in [-0.05, 0) is 20.8 Å². The Morgan fingerprint density at radius 2 is 1.47 bits per heavy atom. The Bertz CT molecular complexity index is 195. The van der Waals surface area contributed by atoms with E-state index in [1.54, 1.807) is 20.8 Å². The van der Waals surface area contributed by atoms with Crippen molar-refractivity contribution in [1.29, 1.82) is 0 Å². The summed E-state index contributed by atoms with van der Waals surface area (Å²) in [4.78, 5) is 0. The molecule has 0 radical (unpaired) electrons. The number of hydrogen-bond donors (Lipinski definition) is 0. The van der Waals surface area contributed by atoms with Gasteiger partial charge in [0.2, 0.25) is 0 Å². The highest BCUT2D eigenvalue weighted by molar-refractivity contribution is 7.54. The van der Waals surface area contributed by atoms with Gasteiger partial charge in [-0.3, -0.25) is 4.57 Å². The first-order valence-electron chi connectivity index (χ1n) is 5.00. The van der Waals surface area contributed by atoms with Crippen molar-refractivity contribution in [3.05, 3.63) is 0 Å². The minimum absolute atomic E-state index is 0.335. The minimum Gasteiger partial charge on any atom is -0.355 e. The van der Waals surface area contributed by atoms with Crippen LogP contribution in [0.5, 0.6) is 0 Å². The molecule has 0 rings (SSSR count). The molecule has 0 spiro atoms. The zero-order chi connectivity index (χ0) is 11.9. The van der Waals surface area contributed by atoms with Gasteiger partial charge in [-0.25, -0.2) is 0 Å². The van der Waals surface area contributed by atoms with E-state index in [1.165, 1.54) is 14.2 Å². The van der Waals surface area contributed by atoms with Crippen LogP contribution in [0.4, 0.5) is 0 Å². The molecule has 0 heterocycles. The van der Waals surface area contributed by atoms with Gasteiger partial charge >= 0.3 is 7.60 Å². The molecule has 0 amide bonds. The zero-order valence-corrected chi connectivity index (χ0v) is 11.0. The van der Waals surface area contributed by atoms with Crippen molar-refractivity contribution in [2.75, 3.05) is 27.4 Å². The van der Waals surface area contributed by atoms with Gasteiger partial charge in [-0.2, -0.15) is 0 Å². The van der Waals surface area contributed by atoms with Gasteiger partial charge in [0.1, 0.15) is 5.66 Å². The Kier molecular flexibility index (Phi) is 7.40. The summed E-state index contributed by atoms with van der Waals surface area (Å²) in [6, 6.07) is 0. The van der Waals surface area contributed by atoms with E-state index in [1.807, 2.05) is 0 Å². The minimum atomic E-state index is -3.15. The molecule has 0 aliphatic carbocycles. The molecule has 6 heteroatoms. The SMILES string of the molecule is CCOP(=O)(OCC)C(C)C(OC)OC. The summed E-state index contributed by atoms with van der Waals surface area (Å²) in [5.41, 5.74) is -0.451. The predicted molar refractivity (Wildman–Crippen MR) is 58.1 cm³/mol. The Labute approximate surface area is 91.6 Å². The first kappa shape index (κ1) is 15.1. The molecule has 0 fully saturated rings. The molecule has 0 aliphatic rings. The molecule has 0 N–H and O–H groups in total. The Morgan fingerprint density at radius 1 is 1.07 bits per heavy atom. The maximum Gasteiger partial charge on any atom is 0.338 e. The maximum atomic E-state index is 12.3. The summed E-state index contributed by atoms with van der Waals surface area (Å²) in [5, 5.41) is 0. The third-order valence-electron chi connectivity index (χ3n) is 1.98. The summed E-state index contributed by atoms with van der Waals surface area (Å²) < 4.78 is 32.7. The van der Waals surface area contributed by atoms with E-state index in [9.17, 15) is 4.57 Å². The summed E-state index contributed by atoms with van der Waals surface area (Å²) in [5.74, 6) is 0. The molecule has 0 aromatic carbocycles. The normalized spacial score (nSPS) is 14.5. The Hall–Kier alpha value is 0.0700. The van der Waals surface area contributed by atoms with E-state index < -0.39 is 19.5 Å². The van der Waals surface area contributed by atoms with Crippen LogP contribution in [0.2, 0.25) is 0 Å². The standard InChI is InChI=1S/C9H21O5P/c1-6-13-15(10,14-7-2)8(3)9(11-4)12-5/h8-9H,6-7H2,1-5H3. The van der Waals surface area contributed by atoms with Crippen LogP contribution in [-0.4, -0.2) is 39.4 Å². The fourth-order valence-corrected chi connectivity index (χ4v) is 3.08. The molecule has 0 saturated carbocycles. The summed E-state index contributed by atoms with van der Waals surface area (Å²) >= 11 is 0. The average molecular weight is 240 g/mol. The molecular weight excluding hydrogens is 219 g/mol. The molecule has 5 nitrogen and oxygen atoms in total. The fourth-order valence-electron chi connectivity index (χ4n) is 1.27. The second kappa shape index (κ2) is 7.36. The lowest BCUT2D eigenvalue weighted by Crippen LogP contribution is -2.28. The van der Waals surface area contributed by atoms with Crippen LogP contribution in [0.1, 0.15) is 20.8 Å². The zero-order valence-electron chi connectivity index (χ0n) is 10.1. The molecule has 1 unspecified atom stereocenters. The van der Waals surface area contributed by atoms with Crippen molar-refractivity contribution in [2.45, 2.75) is 32.7 Å². The van der Waals surface area contributed by atoms with E-state index in [4.69, 9.17) is 18.5 Å². The van der Waals surface area contributed by atoms with Gasteiger partial charge in [0.15, 0.2) is 6.29 Å². The second-order valence-electron chi connectivity index (χ2n) is 2.96. The van der Waals surface area contributed by atoms with Gasteiger partial charge in [0, 0.05) is 14.2 Å². The van der Waals surface area contributed by atoms with Crippen LogP contribution < -0.4 is 0 Å². The van der Waals surface area contributed by atoms with Crippen LogP contribution in [0.15, 0.2) is 0 Å². The highest BCUT2D eigenvalue weighted by Crippen LogP contribution is 2.54. The van der Waals surface area contributed by atoms with Crippen molar-refractivity contribution < 1.29 is 23.1 Å². The molecule has 15 heavy (non-hydrogen) atoms. The lowest BCUT2D eigenvalue weighted by molar-refractivity contribution is -0.104. The van der Waals surface area contributed by atoms with Gasteiger partial charge in [-0.1, -0.05) is 0 Å². The molecule has 0 aromatic heterocycles. The van der Waals surface area contributed by atoms with E-state index in [0.717, 1.165) is 0 Å². The van der Waals surface area contributed by atoms with Crippen LogP contribution in [0, 0.1) is 0 Å². The molecule has 0 aromatic rings. The van der Waals surface area contributed by atoms with Crippen LogP contribution in [0.3, 0.4) is 0 Å². The quantitative estimate of drug-likeness (QED) is 0.481.